The largest absolute Gasteiger partial charge is 0.335 e. The Morgan fingerprint density at radius 2 is 2.06 bits per heavy atom. The molecule has 2 aromatic rings. The maximum Gasteiger partial charge on any atom is 0.284 e. The van der Waals surface area contributed by atoms with Crippen molar-refractivity contribution in [3.8, 4) is 0 Å². The lowest BCUT2D eigenvalue weighted by Crippen LogP contribution is -2.26. The highest BCUT2D eigenvalue weighted by molar-refractivity contribution is 7.17. The van der Waals surface area contributed by atoms with Crippen molar-refractivity contribution in [3.63, 3.8) is 0 Å². The lowest BCUT2D eigenvalue weighted by molar-refractivity contribution is 0.0784. The number of benzene rings is 1. The van der Waals surface area contributed by atoms with E-state index in [4.69, 9.17) is 23.2 Å². The van der Waals surface area contributed by atoms with Crippen LogP contribution in [0, 0.1) is 0 Å². The van der Waals surface area contributed by atoms with Gasteiger partial charge in [0.25, 0.3) is 5.91 Å². The smallest absolute Gasteiger partial charge is 0.284 e. The van der Waals surface area contributed by atoms with E-state index in [1.54, 1.807) is 13.1 Å². The lowest BCUT2D eigenvalue weighted by atomic mass is 10.2. The maximum atomic E-state index is 12.0. The molecule has 1 amide bonds. The molecule has 0 radical (unpaired) electrons. The summed E-state index contributed by atoms with van der Waals surface area (Å²) in [6.07, 6.45) is 0. The predicted molar refractivity (Wildman–Crippen MR) is 72.2 cm³/mol. The van der Waals surface area contributed by atoms with Gasteiger partial charge in [-0.1, -0.05) is 41.1 Å². The van der Waals surface area contributed by atoms with Crippen LogP contribution in [0.5, 0.6) is 0 Å². The number of amides is 1. The van der Waals surface area contributed by atoms with Crippen molar-refractivity contribution in [1.82, 2.24) is 15.1 Å². The molecule has 4 nitrogen and oxygen atoms in total. The highest BCUT2D eigenvalue weighted by atomic mass is 35.5. The molecule has 0 saturated carbocycles. The minimum atomic E-state index is -0.223. The summed E-state index contributed by atoms with van der Waals surface area (Å²) in [4.78, 5) is 13.5. The van der Waals surface area contributed by atoms with Crippen LogP contribution in [0.3, 0.4) is 0 Å². The predicted octanol–water partition coefficient (Wildman–Crippen LogP) is 3.12. The van der Waals surface area contributed by atoms with Crippen molar-refractivity contribution in [2.24, 2.45) is 0 Å². The third-order valence-corrected chi connectivity index (χ3v) is 3.67. The fourth-order valence-corrected chi connectivity index (χ4v) is 2.43. The first-order valence-electron chi connectivity index (χ1n) is 5.06. The summed E-state index contributed by atoms with van der Waals surface area (Å²) >= 11 is 12.7. The number of carbonyl (C=O) groups excluding carboxylic acids is 1. The minimum absolute atomic E-state index is 0.223. The zero-order valence-electron chi connectivity index (χ0n) is 9.43. The Morgan fingerprint density at radius 3 is 2.67 bits per heavy atom. The van der Waals surface area contributed by atoms with Crippen LogP contribution in [0.4, 0.5) is 0 Å². The average Bonchev–Trinajstić information content (AvgIpc) is 2.78. The molecule has 0 fully saturated rings. The van der Waals surface area contributed by atoms with Gasteiger partial charge in [-0.2, -0.15) is 0 Å². The van der Waals surface area contributed by atoms with Crippen LogP contribution < -0.4 is 0 Å². The van der Waals surface area contributed by atoms with E-state index in [0.717, 1.165) is 16.9 Å². The molecule has 0 aliphatic carbocycles. The molecule has 18 heavy (non-hydrogen) atoms. The molecular formula is C11H9Cl2N3OS. The second-order valence-corrected chi connectivity index (χ2v) is 5.58. The Hall–Kier alpha value is -1.17. The quantitative estimate of drug-likeness (QED) is 0.875. The van der Waals surface area contributed by atoms with Crippen LogP contribution in [-0.2, 0) is 6.54 Å². The van der Waals surface area contributed by atoms with E-state index in [-0.39, 0.29) is 15.4 Å². The topological polar surface area (TPSA) is 46.1 Å². The van der Waals surface area contributed by atoms with Crippen molar-refractivity contribution in [2.75, 3.05) is 7.05 Å². The highest BCUT2D eigenvalue weighted by Gasteiger charge is 2.17. The van der Waals surface area contributed by atoms with E-state index < -0.39 is 0 Å². The third-order valence-electron chi connectivity index (χ3n) is 2.30. The molecular weight excluding hydrogens is 293 g/mol. The minimum Gasteiger partial charge on any atom is -0.335 e. The molecule has 1 heterocycles. The van der Waals surface area contributed by atoms with Crippen LogP contribution >= 0.6 is 34.5 Å². The van der Waals surface area contributed by atoms with Gasteiger partial charge in [-0.15, -0.1) is 10.2 Å². The summed E-state index contributed by atoms with van der Waals surface area (Å²) in [6, 6.07) is 7.38. The molecule has 1 aromatic heterocycles. The van der Waals surface area contributed by atoms with Gasteiger partial charge in [-0.25, -0.2) is 0 Å². The van der Waals surface area contributed by atoms with Crippen molar-refractivity contribution < 1.29 is 4.79 Å². The molecule has 0 bridgehead atoms. The van der Waals surface area contributed by atoms with E-state index in [2.05, 4.69) is 10.2 Å². The van der Waals surface area contributed by atoms with E-state index in [0.29, 0.717) is 11.6 Å². The van der Waals surface area contributed by atoms with Gasteiger partial charge in [0.15, 0.2) is 0 Å². The fourth-order valence-electron chi connectivity index (χ4n) is 1.41. The molecule has 0 spiro atoms. The van der Waals surface area contributed by atoms with Gasteiger partial charge in [0.2, 0.25) is 9.47 Å². The molecule has 0 aliphatic heterocycles. The third kappa shape index (κ3) is 2.98. The molecule has 0 aliphatic rings. The second-order valence-electron chi connectivity index (χ2n) is 3.61. The Morgan fingerprint density at radius 1 is 1.33 bits per heavy atom. The number of hydrogen-bond acceptors (Lipinski definition) is 4. The number of carbonyl (C=O) groups is 1. The van der Waals surface area contributed by atoms with Crippen molar-refractivity contribution >= 4 is 40.4 Å². The van der Waals surface area contributed by atoms with Gasteiger partial charge < -0.3 is 4.90 Å². The van der Waals surface area contributed by atoms with Gasteiger partial charge in [0, 0.05) is 18.6 Å². The van der Waals surface area contributed by atoms with Crippen LogP contribution in [0.2, 0.25) is 9.49 Å². The van der Waals surface area contributed by atoms with Gasteiger partial charge in [0.05, 0.1) is 0 Å². The van der Waals surface area contributed by atoms with E-state index in [1.807, 2.05) is 18.2 Å². The molecule has 0 N–H and O–H groups in total. The monoisotopic (exact) mass is 301 g/mol. The summed E-state index contributed by atoms with van der Waals surface area (Å²) in [6.45, 7) is 0.412. The second kappa shape index (κ2) is 5.65. The normalized spacial score (nSPS) is 10.4. The SMILES string of the molecule is CN(Cc1ccccc1Cl)C(=O)c1nnc(Cl)s1. The van der Waals surface area contributed by atoms with Crippen LogP contribution in [0.15, 0.2) is 24.3 Å². The average molecular weight is 302 g/mol. The number of nitrogens with zero attached hydrogens (tertiary/aromatic N) is 3. The van der Waals surface area contributed by atoms with Crippen molar-refractivity contribution in [1.29, 1.82) is 0 Å². The molecule has 94 valence electrons. The molecule has 0 saturated heterocycles. The summed E-state index contributed by atoms with van der Waals surface area (Å²) < 4.78 is 0.254. The Kier molecular flexibility index (Phi) is 4.16. The Bertz CT molecular complexity index is 573. The zero-order valence-corrected chi connectivity index (χ0v) is 11.8. The van der Waals surface area contributed by atoms with Crippen molar-refractivity contribution in [3.05, 3.63) is 44.3 Å². The molecule has 0 atom stereocenters. The maximum absolute atomic E-state index is 12.0. The summed E-state index contributed by atoms with van der Waals surface area (Å²) in [5.41, 5.74) is 0.880. The van der Waals surface area contributed by atoms with Gasteiger partial charge >= 0.3 is 0 Å². The van der Waals surface area contributed by atoms with Crippen LogP contribution in [0.25, 0.3) is 0 Å². The van der Waals surface area contributed by atoms with Crippen LogP contribution in [0.1, 0.15) is 15.4 Å². The summed E-state index contributed by atoms with van der Waals surface area (Å²) in [5, 5.41) is 8.22. The van der Waals surface area contributed by atoms with E-state index >= 15 is 0 Å². The number of halogens is 2. The van der Waals surface area contributed by atoms with Crippen molar-refractivity contribution in [2.45, 2.75) is 6.54 Å². The number of rotatable bonds is 3. The Labute approximate surface area is 118 Å². The van der Waals surface area contributed by atoms with Gasteiger partial charge in [0.1, 0.15) is 0 Å². The molecule has 2 rings (SSSR count). The van der Waals surface area contributed by atoms with E-state index in [9.17, 15) is 4.79 Å². The van der Waals surface area contributed by atoms with E-state index in [1.165, 1.54) is 4.90 Å². The standard InChI is InChI=1S/C11H9Cl2N3OS/c1-16(6-7-4-2-3-5-8(7)12)10(17)9-14-15-11(13)18-9/h2-5H,6H2,1H3. The Balaban J connectivity index is 2.11. The lowest BCUT2D eigenvalue weighted by Gasteiger charge is -2.16. The first-order chi connectivity index (χ1) is 8.58. The molecule has 7 heteroatoms. The first kappa shape index (κ1) is 13.3. The molecule has 1 aromatic carbocycles. The van der Waals surface area contributed by atoms with Crippen LogP contribution in [-0.4, -0.2) is 28.1 Å². The molecule has 0 unspecified atom stereocenters. The van der Waals surface area contributed by atoms with Gasteiger partial charge in [-0.3, -0.25) is 4.79 Å². The number of hydrogen-bond donors (Lipinski definition) is 0. The highest BCUT2D eigenvalue weighted by Crippen LogP contribution is 2.19. The fraction of sp³-hybridized carbons (Fsp3) is 0.182. The summed E-state index contributed by atoms with van der Waals surface area (Å²) in [7, 11) is 1.68. The van der Waals surface area contributed by atoms with Gasteiger partial charge in [-0.05, 0) is 23.2 Å². The number of aromatic nitrogens is 2. The summed E-state index contributed by atoms with van der Waals surface area (Å²) in [5.74, 6) is -0.223. The zero-order chi connectivity index (χ0) is 13.1. The first-order valence-corrected chi connectivity index (χ1v) is 6.63.